The quantitative estimate of drug-likeness (QED) is 0.829. The number of carbonyl (C=O) groups is 1. The first-order valence-electron chi connectivity index (χ1n) is 9.56. The predicted octanol–water partition coefficient (Wildman–Crippen LogP) is 2.09. The molecule has 0 unspecified atom stereocenters. The van der Waals surface area contributed by atoms with Gasteiger partial charge in [0.05, 0.1) is 11.3 Å². The van der Waals surface area contributed by atoms with Gasteiger partial charge in [0.25, 0.3) is 5.91 Å². The highest BCUT2D eigenvalue weighted by molar-refractivity contribution is 5.98. The van der Waals surface area contributed by atoms with E-state index in [-0.39, 0.29) is 5.91 Å². The summed E-state index contributed by atoms with van der Waals surface area (Å²) in [5.74, 6) is 2.71. The van der Waals surface area contributed by atoms with Gasteiger partial charge in [-0.1, -0.05) is 6.07 Å². The van der Waals surface area contributed by atoms with Gasteiger partial charge in [-0.2, -0.15) is 5.10 Å². The van der Waals surface area contributed by atoms with Crippen molar-refractivity contribution in [2.45, 2.75) is 18.8 Å². The molecule has 2 aromatic rings. The molecule has 7 nitrogen and oxygen atoms in total. The van der Waals surface area contributed by atoms with Crippen LogP contribution in [-0.2, 0) is 0 Å². The Labute approximate surface area is 157 Å². The number of carbonyl (C=O) groups excluding carboxylic acids is 1. The number of aromatic nitrogens is 2. The largest absolute Gasteiger partial charge is 0.486 e. The molecule has 1 saturated carbocycles. The first-order valence-corrected chi connectivity index (χ1v) is 9.56. The Hall–Kier alpha value is -2.83. The zero-order chi connectivity index (χ0) is 18.2. The SMILES string of the molecule is O=C(c1cccc2c1OCCO2)N1CCN(c2ccc(C3CC3)nn2)CC1. The Bertz CT molecular complexity index is 843. The van der Waals surface area contributed by atoms with Crippen LogP contribution in [0.15, 0.2) is 30.3 Å². The number of fused-ring (bicyclic) bond motifs is 1. The number of rotatable bonds is 3. The minimum absolute atomic E-state index is 0.00725. The van der Waals surface area contributed by atoms with Crippen molar-refractivity contribution in [2.75, 3.05) is 44.3 Å². The maximum atomic E-state index is 13.0. The molecule has 2 aliphatic heterocycles. The number of hydrogen-bond acceptors (Lipinski definition) is 6. The normalized spacial score (nSPS) is 19.1. The molecule has 1 aliphatic carbocycles. The summed E-state index contributed by atoms with van der Waals surface area (Å²) in [4.78, 5) is 17.0. The molecule has 140 valence electrons. The lowest BCUT2D eigenvalue weighted by molar-refractivity contribution is 0.0736. The zero-order valence-corrected chi connectivity index (χ0v) is 15.1. The van der Waals surface area contributed by atoms with Crippen molar-refractivity contribution >= 4 is 11.7 Å². The molecule has 0 bridgehead atoms. The molecule has 0 N–H and O–H groups in total. The van der Waals surface area contributed by atoms with Gasteiger partial charge >= 0.3 is 0 Å². The van der Waals surface area contributed by atoms with Crippen molar-refractivity contribution in [1.29, 1.82) is 0 Å². The van der Waals surface area contributed by atoms with Crippen LogP contribution in [0, 0.1) is 0 Å². The van der Waals surface area contributed by atoms with Crippen LogP contribution in [0.5, 0.6) is 11.5 Å². The number of amides is 1. The van der Waals surface area contributed by atoms with Gasteiger partial charge in [-0.05, 0) is 37.1 Å². The second kappa shape index (κ2) is 6.72. The minimum Gasteiger partial charge on any atom is -0.486 e. The molecule has 2 fully saturated rings. The van der Waals surface area contributed by atoms with E-state index in [4.69, 9.17) is 9.47 Å². The van der Waals surface area contributed by atoms with E-state index in [0.717, 1.165) is 24.6 Å². The van der Waals surface area contributed by atoms with E-state index in [9.17, 15) is 4.79 Å². The summed E-state index contributed by atoms with van der Waals surface area (Å²) in [7, 11) is 0. The smallest absolute Gasteiger partial charge is 0.257 e. The monoisotopic (exact) mass is 366 g/mol. The van der Waals surface area contributed by atoms with Crippen molar-refractivity contribution in [3.8, 4) is 11.5 Å². The molecular formula is C20H22N4O3. The van der Waals surface area contributed by atoms with Crippen molar-refractivity contribution in [3.05, 3.63) is 41.6 Å². The van der Waals surface area contributed by atoms with E-state index in [1.54, 1.807) is 0 Å². The summed E-state index contributed by atoms with van der Waals surface area (Å²) in [6.07, 6.45) is 2.46. The lowest BCUT2D eigenvalue weighted by Gasteiger charge is -2.35. The summed E-state index contributed by atoms with van der Waals surface area (Å²) in [6, 6.07) is 9.63. The molecule has 1 aromatic carbocycles. The summed E-state index contributed by atoms with van der Waals surface area (Å²) in [5, 5.41) is 8.75. The highest BCUT2D eigenvalue weighted by Crippen LogP contribution is 2.39. The number of para-hydroxylation sites is 1. The molecule has 1 aromatic heterocycles. The first-order chi connectivity index (χ1) is 13.3. The molecule has 5 rings (SSSR count). The third-order valence-electron chi connectivity index (χ3n) is 5.35. The Balaban J connectivity index is 1.25. The van der Waals surface area contributed by atoms with Crippen LogP contribution in [-0.4, -0.2) is 60.4 Å². The maximum Gasteiger partial charge on any atom is 0.257 e. The van der Waals surface area contributed by atoms with Crippen molar-refractivity contribution in [3.63, 3.8) is 0 Å². The molecule has 0 atom stereocenters. The van der Waals surface area contributed by atoms with E-state index < -0.39 is 0 Å². The van der Waals surface area contributed by atoms with Crippen LogP contribution in [0.25, 0.3) is 0 Å². The lowest BCUT2D eigenvalue weighted by atomic mass is 10.1. The Morgan fingerprint density at radius 1 is 0.963 bits per heavy atom. The van der Waals surface area contributed by atoms with Crippen molar-refractivity contribution in [1.82, 2.24) is 15.1 Å². The fraction of sp³-hybridized carbons (Fsp3) is 0.450. The minimum atomic E-state index is -0.00725. The first kappa shape index (κ1) is 16.4. The molecule has 0 radical (unpaired) electrons. The number of piperazine rings is 1. The van der Waals surface area contributed by atoms with Gasteiger partial charge in [0.1, 0.15) is 13.2 Å². The highest BCUT2D eigenvalue weighted by Gasteiger charge is 2.28. The molecule has 7 heteroatoms. The number of ether oxygens (including phenoxy) is 2. The van der Waals surface area contributed by atoms with Gasteiger partial charge in [-0.15, -0.1) is 5.10 Å². The number of anilines is 1. The molecule has 27 heavy (non-hydrogen) atoms. The van der Waals surface area contributed by atoms with Crippen LogP contribution in [0.4, 0.5) is 5.82 Å². The average molecular weight is 366 g/mol. The third kappa shape index (κ3) is 3.18. The Morgan fingerprint density at radius 2 is 1.78 bits per heavy atom. The second-order valence-corrected chi connectivity index (χ2v) is 7.20. The molecule has 3 heterocycles. The van der Waals surface area contributed by atoms with E-state index >= 15 is 0 Å². The number of nitrogens with zero attached hydrogens (tertiary/aromatic N) is 4. The number of hydrogen-bond donors (Lipinski definition) is 0. The topological polar surface area (TPSA) is 67.8 Å². The summed E-state index contributed by atoms with van der Waals surface area (Å²) >= 11 is 0. The van der Waals surface area contributed by atoms with Gasteiger partial charge in [-0.25, -0.2) is 0 Å². The van der Waals surface area contributed by atoms with E-state index in [0.29, 0.717) is 49.3 Å². The molecule has 1 saturated heterocycles. The number of benzene rings is 1. The third-order valence-corrected chi connectivity index (χ3v) is 5.35. The van der Waals surface area contributed by atoms with Gasteiger partial charge in [0.2, 0.25) is 0 Å². The molecule has 0 spiro atoms. The Morgan fingerprint density at radius 3 is 2.52 bits per heavy atom. The Kier molecular flexibility index (Phi) is 4.07. The van der Waals surface area contributed by atoms with E-state index in [1.165, 1.54) is 12.8 Å². The van der Waals surface area contributed by atoms with Gasteiger partial charge in [-0.3, -0.25) is 4.79 Å². The summed E-state index contributed by atoms with van der Waals surface area (Å²) in [5.41, 5.74) is 1.68. The van der Waals surface area contributed by atoms with Crippen LogP contribution in [0.1, 0.15) is 34.8 Å². The van der Waals surface area contributed by atoms with E-state index in [1.807, 2.05) is 23.1 Å². The van der Waals surface area contributed by atoms with Crippen LogP contribution >= 0.6 is 0 Å². The zero-order valence-electron chi connectivity index (χ0n) is 15.1. The van der Waals surface area contributed by atoms with Gasteiger partial charge < -0.3 is 19.3 Å². The van der Waals surface area contributed by atoms with Gasteiger partial charge in [0.15, 0.2) is 17.3 Å². The molecular weight excluding hydrogens is 344 g/mol. The highest BCUT2D eigenvalue weighted by atomic mass is 16.6. The fourth-order valence-electron chi connectivity index (χ4n) is 3.65. The van der Waals surface area contributed by atoms with Crippen molar-refractivity contribution in [2.24, 2.45) is 0 Å². The fourth-order valence-corrected chi connectivity index (χ4v) is 3.65. The molecule has 1 amide bonds. The van der Waals surface area contributed by atoms with Crippen molar-refractivity contribution < 1.29 is 14.3 Å². The molecule has 3 aliphatic rings. The summed E-state index contributed by atoms with van der Waals surface area (Å²) in [6.45, 7) is 3.78. The van der Waals surface area contributed by atoms with Crippen LogP contribution < -0.4 is 14.4 Å². The predicted molar refractivity (Wildman–Crippen MR) is 99.6 cm³/mol. The maximum absolute atomic E-state index is 13.0. The van der Waals surface area contributed by atoms with Crippen LogP contribution in [0.3, 0.4) is 0 Å². The van der Waals surface area contributed by atoms with E-state index in [2.05, 4.69) is 27.2 Å². The lowest BCUT2D eigenvalue weighted by Crippen LogP contribution is -2.49. The standard InChI is InChI=1S/C20H22N4O3/c25-20(15-2-1-3-17-19(15)27-13-12-26-17)24-10-8-23(9-11-24)18-7-6-16(21-22-18)14-4-5-14/h1-3,6-7,14H,4-5,8-13H2. The van der Waals surface area contributed by atoms with Gasteiger partial charge in [0, 0.05) is 32.1 Å². The average Bonchev–Trinajstić information content (AvgIpc) is 3.59. The summed E-state index contributed by atoms with van der Waals surface area (Å²) < 4.78 is 11.3. The second-order valence-electron chi connectivity index (χ2n) is 7.20. The van der Waals surface area contributed by atoms with Crippen LogP contribution in [0.2, 0.25) is 0 Å².